The second-order valence-corrected chi connectivity index (χ2v) is 6.88. The molecule has 0 fully saturated rings. The normalized spacial score (nSPS) is 11.8. The summed E-state index contributed by atoms with van der Waals surface area (Å²) in [4.78, 5) is 21.5. The summed E-state index contributed by atoms with van der Waals surface area (Å²) < 4.78 is 1.87. The van der Waals surface area contributed by atoms with Gasteiger partial charge in [-0.25, -0.2) is 4.98 Å². The average molecular weight is 382 g/mol. The van der Waals surface area contributed by atoms with Crippen molar-refractivity contribution in [1.82, 2.24) is 19.9 Å². The minimum absolute atomic E-state index is 0.0785. The van der Waals surface area contributed by atoms with E-state index in [0.29, 0.717) is 0 Å². The van der Waals surface area contributed by atoms with Crippen LogP contribution in [0.1, 0.15) is 22.7 Å². The Hall–Kier alpha value is -3.73. The molecule has 144 valence electrons. The van der Waals surface area contributed by atoms with Crippen LogP contribution in [0.3, 0.4) is 0 Å². The lowest BCUT2D eigenvalue weighted by Crippen LogP contribution is -2.32. The zero-order valence-corrected chi connectivity index (χ0v) is 16.2. The van der Waals surface area contributed by atoms with E-state index >= 15 is 0 Å². The molecule has 2 aromatic heterocycles. The van der Waals surface area contributed by atoms with Gasteiger partial charge in [-0.1, -0.05) is 54.6 Å². The van der Waals surface area contributed by atoms with Gasteiger partial charge >= 0.3 is 0 Å². The van der Waals surface area contributed by atoms with Crippen molar-refractivity contribution in [2.75, 3.05) is 0 Å². The summed E-state index contributed by atoms with van der Waals surface area (Å²) in [5, 5.41) is 3.19. The van der Waals surface area contributed by atoms with Crippen LogP contribution in [0, 0.1) is 6.92 Å². The van der Waals surface area contributed by atoms with E-state index in [2.05, 4.69) is 28.3 Å². The van der Waals surface area contributed by atoms with Gasteiger partial charge in [-0.05, 0) is 35.7 Å². The second kappa shape index (κ2) is 8.52. The van der Waals surface area contributed by atoms with E-state index in [1.54, 1.807) is 18.6 Å². The van der Waals surface area contributed by atoms with Crippen LogP contribution in [0.5, 0.6) is 0 Å². The van der Waals surface area contributed by atoms with Crippen LogP contribution in [0.15, 0.2) is 91.5 Å². The van der Waals surface area contributed by atoms with E-state index < -0.39 is 0 Å². The molecule has 1 N–H and O–H groups in total. The van der Waals surface area contributed by atoms with Crippen LogP contribution < -0.4 is 5.32 Å². The van der Waals surface area contributed by atoms with E-state index in [1.165, 1.54) is 0 Å². The number of carbonyl (C=O) groups is 1. The number of benzene rings is 2. The van der Waals surface area contributed by atoms with E-state index in [1.807, 2.05) is 71.4 Å². The van der Waals surface area contributed by atoms with E-state index in [0.717, 1.165) is 28.1 Å². The number of aryl methyl sites for hydroxylation is 1. The molecular formula is C24H22N4O. The standard InChI is InChI=1S/C24H22N4O/c1-18-7-5-6-10-21(18)23(19-11-13-25-14-12-19)27-22(29)17-28-16-15-26-24(28)20-8-3-2-4-9-20/h2-16,23H,17H2,1H3,(H,27,29). The summed E-state index contributed by atoms with van der Waals surface area (Å²) in [5.74, 6) is 0.697. The van der Waals surface area contributed by atoms with Crippen molar-refractivity contribution in [2.24, 2.45) is 0 Å². The third-order valence-corrected chi connectivity index (χ3v) is 4.91. The lowest BCUT2D eigenvalue weighted by Gasteiger charge is -2.22. The van der Waals surface area contributed by atoms with Crippen LogP contribution in [0.25, 0.3) is 11.4 Å². The largest absolute Gasteiger partial charge is 0.344 e. The van der Waals surface area contributed by atoms with E-state index in [4.69, 9.17) is 0 Å². The first-order valence-electron chi connectivity index (χ1n) is 9.54. The fraction of sp³-hybridized carbons (Fsp3) is 0.125. The first-order valence-corrected chi connectivity index (χ1v) is 9.54. The predicted octanol–water partition coefficient (Wildman–Crippen LogP) is 4.16. The van der Waals surface area contributed by atoms with Gasteiger partial charge in [0.25, 0.3) is 0 Å². The van der Waals surface area contributed by atoms with Crippen LogP contribution in [-0.2, 0) is 11.3 Å². The van der Waals surface area contributed by atoms with Gasteiger partial charge in [0.2, 0.25) is 5.91 Å². The van der Waals surface area contributed by atoms with Crippen LogP contribution in [-0.4, -0.2) is 20.4 Å². The van der Waals surface area contributed by atoms with Gasteiger partial charge in [0.05, 0.1) is 6.04 Å². The molecule has 5 nitrogen and oxygen atoms in total. The average Bonchev–Trinajstić information content (AvgIpc) is 3.22. The molecule has 0 bridgehead atoms. The molecule has 2 heterocycles. The Labute approximate surface area is 170 Å². The number of nitrogens with zero attached hydrogens (tertiary/aromatic N) is 3. The second-order valence-electron chi connectivity index (χ2n) is 6.88. The maximum atomic E-state index is 13.0. The molecule has 1 amide bonds. The molecule has 2 aromatic carbocycles. The highest BCUT2D eigenvalue weighted by Crippen LogP contribution is 2.25. The van der Waals surface area contributed by atoms with E-state index in [9.17, 15) is 4.79 Å². The fourth-order valence-corrected chi connectivity index (χ4v) is 3.45. The molecule has 1 unspecified atom stereocenters. The van der Waals surface area contributed by atoms with Crippen molar-refractivity contribution in [2.45, 2.75) is 19.5 Å². The Kier molecular flexibility index (Phi) is 5.47. The quantitative estimate of drug-likeness (QED) is 0.545. The molecular weight excluding hydrogens is 360 g/mol. The number of amides is 1. The number of carbonyl (C=O) groups excluding carboxylic acids is 1. The minimum atomic E-state index is -0.240. The van der Waals surface area contributed by atoms with E-state index in [-0.39, 0.29) is 18.5 Å². The molecule has 0 spiro atoms. The molecule has 0 radical (unpaired) electrons. The first kappa shape index (κ1) is 18.6. The predicted molar refractivity (Wildman–Crippen MR) is 113 cm³/mol. The summed E-state index contributed by atoms with van der Waals surface area (Å²) in [7, 11) is 0. The highest BCUT2D eigenvalue weighted by molar-refractivity contribution is 5.77. The number of hydrogen-bond acceptors (Lipinski definition) is 3. The van der Waals surface area contributed by atoms with Crippen molar-refractivity contribution in [1.29, 1.82) is 0 Å². The van der Waals surface area contributed by atoms with Gasteiger partial charge in [-0.15, -0.1) is 0 Å². The summed E-state index contributed by atoms with van der Waals surface area (Å²) in [6, 6.07) is 21.6. The molecule has 29 heavy (non-hydrogen) atoms. The number of imidazole rings is 1. The molecule has 5 heteroatoms. The zero-order valence-electron chi connectivity index (χ0n) is 16.2. The van der Waals surface area contributed by atoms with Crippen molar-refractivity contribution < 1.29 is 4.79 Å². The summed E-state index contributed by atoms with van der Waals surface area (Å²) in [5.41, 5.74) is 4.18. The number of aromatic nitrogens is 3. The van der Waals surface area contributed by atoms with Gasteiger partial charge in [0.1, 0.15) is 12.4 Å². The highest BCUT2D eigenvalue weighted by atomic mass is 16.2. The fourth-order valence-electron chi connectivity index (χ4n) is 3.45. The Morgan fingerprint density at radius 1 is 0.966 bits per heavy atom. The topological polar surface area (TPSA) is 59.8 Å². The van der Waals surface area contributed by atoms with Crippen molar-refractivity contribution in [3.05, 3.63) is 108 Å². The summed E-state index contributed by atoms with van der Waals surface area (Å²) >= 11 is 0. The van der Waals surface area contributed by atoms with Crippen molar-refractivity contribution >= 4 is 5.91 Å². The number of nitrogens with one attached hydrogen (secondary N) is 1. The number of hydrogen-bond donors (Lipinski definition) is 1. The maximum absolute atomic E-state index is 13.0. The minimum Gasteiger partial charge on any atom is -0.344 e. The smallest absolute Gasteiger partial charge is 0.240 e. The lowest BCUT2D eigenvalue weighted by atomic mass is 9.95. The Morgan fingerprint density at radius 3 is 2.45 bits per heavy atom. The summed E-state index contributed by atoms with van der Waals surface area (Å²) in [6.45, 7) is 2.25. The lowest BCUT2D eigenvalue weighted by molar-refractivity contribution is -0.122. The molecule has 1 atom stereocenters. The van der Waals surface area contributed by atoms with Gasteiger partial charge in [0.15, 0.2) is 0 Å². The Bertz CT molecular complexity index is 1090. The van der Waals surface area contributed by atoms with Crippen LogP contribution in [0.4, 0.5) is 0 Å². The molecule has 0 saturated heterocycles. The Balaban J connectivity index is 1.59. The van der Waals surface area contributed by atoms with Crippen LogP contribution in [0.2, 0.25) is 0 Å². The van der Waals surface area contributed by atoms with Gasteiger partial charge in [0, 0.05) is 30.4 Å². The SMILES string of the molecule is Cc1ccccc1C(NC(=O)Cn1ccnc1-c1ccccc1)c1ccncc1. The van der Waals surface area contributed by atoms with Crippen molar-refractivity contribution in [3.63, 3.8) is 0 Å². The summed E-state index contributed by atoms with van der Waals surface area (Å²) in [6.07, 6.45) is 7.04. The number of rotatable bonds is 6. The molecule has 4 rings (SSSR count). The molecule has 0 aliphatic heterocycles. The van der Waals surface area contributed by atoms with Crippen LogP contribution >= 0.6 is 0 Å². The number of pyridine rings is 1. The third-order valence-electron chi connectivity index (χ3n) is 4.91. The molecule has 0 saturated carbocycles. The zero-order chi connectivity index (χ0) is 20.1. The monoisotopic (exact) mass is 382 g/mol. The highest BCUT2D eigenvalue weighted by Gasteiger charge is 2.19. The van der Waals surface area contributed by atoms with Crippen molar-refractivity contribution in [3.8, 4) is 11.4 Å². The van der Waals surface area contributed by atoms with Gasteiger partial charge in [-0.2, -0.15) is 0 Å². The molecule has 0 aliphatic rings. The third kappa shape index (κ3) is 4.24. The van der Waals surface area contributed by atoms with Gasteiger partial charge < -0.3 is 9.88 Å². The first-order chi connectivity index (χ1) is 14.2. The molecule has 0 aliphatic carbocycles. The maximum Gasteiger partial charge on any atom is 0.240 e. The van der Waals surface area contributed by atoms with Gasteiger partial charge in [-0.3, -0.25) is 9.78 Å². The Morgan fingerprint density at radius 2 is 1.69 bits per heavy atom. The molecule has 4 aromatic rings.